The summed E-state index contributed by atoms with van der Waals surface area (Å²) in [5.74, 6) is -0.0310. The molecule has 0 aliphatic rings. The van der Waals surface area contributed by atoms with Gasteiger partial charge in [0, 0.05) is 16.5 Å². The van der Waals surface area contributed by atoms with Gasteiger partial charge in [0.05, 0.1) is 6.42 Å². The highest BCUT2D eigenvalue weighted by molar-refractivity contribution is 7.08. The summed E-state index contributed by atoms with van der Waals surface area (Å²) in [6.45, 7) is 0.242. The van der Waals surface area contributed by atoms with E-state index in [0.717, 1.165) is 21.4 Å². The fourth-order valence-electron chi connectivity index (χ4n) is 2.40. The lowest BCUT2D eigenvalue weighted by Gasteiger charge is -2.06. The highest BCUT2D eigenvalue weighted by atomic mass is 32.1. The molecule has 0 aliphatic carbocycles. The minimum absolute atomic E-state index is 0.0310. The largest absolute Gasteiger partial charge is 0.624 e. The van der Waals surface area contributed by atoms with Crippen LogP contribution in [0.2, 0.25) is 0 Å². The van der Waals surface area contributed by atoms with Crippen LogP contribution >= 0.6 is 11.3 Å². The first-order valence-corrected chi connectivity index (χ1v) is 8.63. The standard InChI is InChI=1S/C20H17NO2S/c22-20(19-11-13-24-15-19)10-12-21(23)14-16-6-8-18(9-7-16)17-4-2-1-3-5-17/h1-9,11-13,15H,10,14H2/b21-12-. The first-order chi connectivity index (χ1) is 11.7. The SMILES string of the molecule is O=C(C/C=[N+](\[O-])Cc1ccc(-c2ccccc2)cc1)c1ccsc1. The number of rotatable bonds is 6. The van der Waals surface area contributed by atoms with Gasteiger partial charge in [0.15, 0.2) is 18.5 Å². The van der Waals surface area contributed by atoms with Crippen LogP contribution in [0.5, 0.6) is 0 Å². The minimum atomic E-state index is -0.0310. The number of hydrogen-bond acceptors (Lipinski definition) is 3. The van der Waals surface area contributed by atoms with Gasteiger partial charge in [-0.15, -0.1) is 0 Å². The van der Waals surface area contributed by atoms with Gasteiger partial charge in [0.2, 0.25) is 0 Å². The van der Waals surface area contributed by atoms with Gasteiger partial charge >= 0.3 is 0 Å². The topological polar surface area (TPSA) is 43.1 Å². The molecule has 0 atom stereocenters. The Morgan fingerprint density at radius 1 is 1.00 bits per heavy atom. The van der Waals surface area contributed by atoms with Gasteiger partial charge in [-0.25, -0.2) is 4.74 Å². The van der Waals surface area contributed by atoms with E-state index >= 15 is 0 Å². The van der Waals surface area contributed by atoms with Crippen LogP contribution in [0.3, 0.4) is 0 Å². The Bertz CT molecular complexity index is 822. The molecule has 0 N–H and O–H groups in total. The van der Waals surface area contributed by atoms with Crippen molar-refractivity contribution in [2.24, 2.45) is 0 Å². The summed E-state index contributed by atoms with van der Waals surface area (Å²) in [6.07, 6.45) is 1.54. The Balaban J connectivity index is 1.61. The van der Waals surface area contributed by atoms with Crippen molar-refractivity contribution in [1.82, 2.24) is 0 Å². The van der Waals surface area contributed by atoms with E-state index in [1.165, 1.54) is 17.6 Å². The normalized spacial score (nSPS) is 11.4. The number of benzene rings is 2. The zero-order valence-corrected chi connectivity index (χ0v) is 13.9. The van der Waals surface area contributed by atoms with Crippen LogP contribution in [0.4, 0.5) is 0 Å². The summed E-state index contributed by atoms with van der Waals surface area (Å²) in [5.41, 5.74) is 3.85. The molecular formula is C20H17NO2S. The maximum Gasteiger partial charge on any atom is 0.178 e. The van der Waals surface area contributed by atoms with Crippen LogP contribution in [0.15, 0.2) is 71.4 Å². The first-order valence-electron chi connectivity index (χ1n) is 7.69. The number of hydrogen-bond donors (Lipinski definition) is 0. The van der Waals surface area contributed by atoms with Crippen molar-refractivity contribution in [3.05, 3.63) is 87.8 Å². The van der Waals surface area contributed by atoms with E-state index in [9.17, 15) is 10.0 Å². The Morgan fingerprint density at radius 2 is 1.71 bits per heavy atom. The maximum atomic E-state index is 12.0. The molecular weight excluding hydrogens is 318 g/mol. The summed E-state index contributed by atoms with van der Waals surface area (Å²) in [5, 5.41) is 15.6. The number of nitrogens with zero attached hydrogens (tertiary/aromatic N) is 1. The summed E-state index contributed by atoms with van der Waals surface area (Å²) < 4.78 is 0.821. The monoisotopic (exact) mass is 335 g/mol. The second-order valence-corrected chi connectivity index (χ2v) is 6.24. The van der Waals surface area contributed by atoms with Crippen LogP contribution in [0, 0.1) is 5.21 Å². The van der Waals surface area contributed by atoms with Gasteiger partial charge in [-0.2, -0.15) is 11.3 Å². The Morgan fingerprint density at radius 3 is 2.38 bits per heavy atom. The van der Waals surface area contributed by atoms with Crippen molar-refractivity contribution >= 4 is 23.3 Å². The van der Waals surface area contributed by atoms with E-state index in [1.807, 2.05) is 47.8 Å². The summed E-state index contributed by atoms with van der Waals surface area (Å²) in [4.78, 5) is 11.9. The molecule has 0 aliphatic heterocycles. The molecule has 0 saturated heterocycles. The molecule has 0 saturated carbocycles. The molecule has 3 aromatic rings. The van der Waals surface area contributed by atoms with Gasteiger partial charge in [0.1, 0.15) is 0 Å². The molecule has 120 valence electrons. The van der Waals surface area contributed by atoms with Crippen molar-refractivity contribution in [3.63, 3.8) is 0 Å². The van der Waals surface area contributed by atoms with Crippen LogP contribution in [-0.4, -0.2) is 16.7 Å². The van der Waals surface area contributed by atoms with Gasteiger partial charge in [-0.3, -0.25) is 4.79 Å². The first kappa shape index (κ1) is 16.1. The van der Waals surface area contributed by atoms with E-state index < -0.39 is 0 Å². The Kier molecular flexibility index (Phi) is 5.18. The number of ketones is 1. The van der Waals surface area contributed by atoms with Crippen LogP contribution < -0.4 is 0 Å². The molecule has 0 fully saturated rings. The molecule has 0 radical (unpaired) electrons. The summed E-state index contributed by atoms with van der Waals surface area (Å²) >= 11 is 1.48. The van der Waals surface area contributed by atoms with Gasteiger partial charge < -0.3 is 5.21 Å². The van der Waals surface area contributed by atoms with E-state index in [1.54, 1.807) is 11.4 Å². The smallest absolute Gasteiger partial charge is 0.178 e. The zero-order valence-electron chi connectivity index (χ0n) is 13.1. The minimum Gasteiger partial charge on any atom is -0.624 e. The molecule has 3 nitrogen and oxygen atoms in total. The van der Waals surface area contributed by atoms with Crippen molar-refractivity contribution in [1.29, 1.82) is 0 Å². The van der Waals surface area contributed by atoms with Crippen LogP contribution in [0.1, 0.15) is 22.3 Å². The van der Waals surface area contributed by atoms with Crippen molar-refractivity contribution < 1.29 is 9.53 Å². The fraction of sp³-hybridized carbons (Fsp3) is 0.100. The lowest BCUT2D eigenvalue weighted by molar-refractivity contribution is -0.470. The quantitative estimate of drug-likeness (QED) is 0.214. The maximum absolute atomic E-state index is 12.0. The lowest BCUT2D eigenvalue weighted by Crippen LogP contribution is -2.08. The van der Waals surface area contributed by atoms with E-state index in [2.05, 4.69) is 12.1 Å². The van der Waals surface area contributed by atoms with Gasteiger partial charge in [-0.05, 0) is 22.6 Å². The molecule has 0 bridgehead atoms. The molecule has 0 unspecified atom stereocenters. The van der Waals surface area contributed by atoms with Crippen molar-refractivity contribution in [2.45, 2.75) is 13.0 Å². The molecule has 1 heterocycles. The van der Waals surface area contributed by atoms with E-state index in [4.69, 9.17) is 0 Å². The van der Waals surface area contributed by atoms with Crippen LogP contribution in [-0.2, 0) is 6.54 Å². The predicted octanol–water partition coefficient (Wildman–Crippen LogP) is 4.77. The number of carbonyl (C=O) groups excluding carboxylic acids is 1. The third kappa shape index (κ3) is 4.18. The Hall–Kier alpha value is -2.72. The molecule has 4 heteroatoms. The third-order valence-corrected chi connectivity index (χ3v) is 4.41. The Labute approximate surface area is 145 Å². The number of Topliss-reactive ketones (excluding diaryl/α,β-unsaturated/α-hetero) is 1. The molecule has 3 rings (SSSR count). The second kappa shape index (κ2) is 7.70. The molecule has 0 amide bonds. The van der Waals surface area contributed by atoms with Crippen LogP contribution in [0.25, 0.3) is 11.1 Å². The summed E-state index contributed by atoms with van der Waals surface area (Å²) in [6, 6.07) is 19.8. The van der Waals surface area contributed by atoms with Gasteiger partial charge in [-0.1, -0.05) is 54.6 Å². The molecule has 0 spiro atoms. The average molecular weight is 335 g/mol. The van der Waals surface area contributed by atoms with Crippen molar-refractivity contribution in [3.8, 4) is 11.1 Å². The lowest BCUT2D eigenvalue weighted by atomic mass is 10.0. The fourth-order valence-corrected chi connectivity index (χ4v) is 3.06. The summed E-state index contributed by atoms with van der Waals surface area (Å²) in [7, 11) is 0. The average Bonchev–Trinajstić information content (AvgIpc) is 3.16. The number of carbonyl (C=O) groups is 1. The highest BCUT2D eigenvalue weighted by Gasteiger charge is 2.07. The molecule has 2 aromatic carbocycles. The highest BCUT2D eigenvalue weighted by Crippen LogP contribution is 2.19. The predicted molar refractivity (Wildman–Crippen MR) is 98.5 cm³/mol. The van der Waals surface area contributed by atoms with E-state index in [0.29, 0.717) is 5.56 Å². The second-order valence-electron chi connectivity index (χ2n) is 5.46. The van der Waals surface area contributed by atoms with Gasteiger partial charge in [0.25, 0.3) is 0 Å². The zero-order chi connectivity index (χ0) is 16.8. The molecule has 24 heavy (non-hydrogen) atoms. The third-order valence-electron chi connectivity index (χ3n) is 3.72. The molecule has 1 aromatic heterocycles. The van der Waals surface area contributed by atoms with E-state index in [-0.39, 0.29) is 18.7 Å². The number of thiophene rings is 1. The number of hydroxylamine groups is 1. The van der Waals surface area contributed by atoms with Crippen molar-refractivity contribution in [2.75, 3.05) is 0 Å².